The van der Waals surface area contributed by atoms with E-state index in [1.807, 2.05) is 30.3 Å². The van der Waals surface area contributed by atoms with Crippen LogP contribution < -0.4 is 5.32 Å². The Bertz CT molecular complexity index is 542. The van der Waals surface area contributed by atoms with Gasteiger partial charge in [0.25, 0.3) is 0 Å². The van der Waals surface area contributed by atoms with Crippen LogP contribution in [0.25, 0.3) is 0 Å². The van der Waals surface area contributed by atoms with Gasteiger partial charge in [0.1, 0.15) is 6.61 Å². The first-order valence-electron chi connectivity index (χ1n) is 7.00. The van der Waals surface area contributed by atoms with Crippen LogP contribution in [0, 0.1) is 11.3 Å². The Kier molecular flexibility index (Phi) is 3.55. The SMILES string of the molecule is O=C(O)C1CN(C(=O)OCc2ccccc2)CC12CNC2. The number of aliphatic carboxylic acids is 1. The zero-order valence-corrected chi connectivity index (χ0v) is 11.6. The number of ether oxygens (including phenoxy) is 1. The molecule has 2 aliphatic rings. The van der Waals surface area contributed by atoms with Crippen LogP contribution in [0.4, 0.5) is 4.79 Å². The van der Waals surface area contributed by atoms with Crippen LogP contribution in [0.1, 0.15) is 5.56 Å². The van der Waals surface area contributed by atoms with E-state index in [2.05, 4.69) is 5.32 Å². The van der Waals surface area contributed by atoms with Gasteiger partial charge >= 0.3 is 12.1 Å². The van der Waals surface area contributed by atoms with Crippen molar-refractivity contribution in [2.24, 2.45) is 11.3 Å². The predicted molar refractivity (Wildman–Crippen MR) is 74.6 cm³/mol. The lowest BCUT2D eigenvalue weighted by atomic mass is 9.73. The van der Waals surface area contributed by atoms with Gasteiger partial charge in [-0.15, -0.1) is 0 Å². The monoisotopic (exact) mass is 290 g/mol. The average Bonchev–Trinajstić information content (AvgIpc) is 2.87. The van der Waals surface area contributed by atoms with Crippen LogP contribution in [0.15, 0.2) is 30.3 Å². The molecular weight excluding hydrogens is 272 g/mol. The highest BCUT2D eigenvalue weighted by Crippen LogP contribution is 2.39. The highest BCUT2D eigenvalue weighted by molar-refractivity contribution is 5.75. The quantitative estimate of drug-likeness (QED) is 0.866. The normalized spacial score (nSPS) is 22.9. The molecule has 6 nitrogen and oxygen atoms in total. The van der Waals surface area contributed by atoms with Crippen molar-refractivity contribution in [1.82, 2.24) is 10.2 Å². The minimum atomic E-state index is -0.838. The number of carbonyl (C=O) groups is 2. The maximum atomic E-state index is 12.1. The third kappa shape index (κ3) is 2.58. The topological polar surface area (TPSA) is 78.9 Å². The van der Waals surface area contributed by atoms with Crippen LogP contribution >= 0.6 is 0 Å². The number of carboxylic acids is 1. The second-order valence-electron chi connectivity index (χ2n) is 5.78. The Morgan fingerprint density at radius 1 is 1.33 bits per heavy atom. The molecule has 0 saturated carbocycles. The Labute approximate surface area is 122 Å². The Balaban J connectivity index is 1.60. The Morgan fingerprint density at radius 2 is 2.05 bits per heavy atom. The van der Waals surface area contributed by atoms with E-state index >= 15 is 0 Å². The van der Waals surface area contributed by atoms with Crippen molar-refractivity contribution in [3.63, 3.8) is 0 Å². The van der Waals surface area contributed by atoms with Crippen molar-refractivity contribution in [1.29, 1.82) is 0 Å². The van der Waals surface area contributed by atoms with E-state index in [1.165, 1.54) is 4.90 Å². The summed E-state index contributed by atoms with van der Waals surface area (Å²) in [5, 5.41) is 12.4. The van der Waals surface area contributed by atoms with Gasteiger partial charge in [0, 0.05) is 31.6 Å². The van der Waals surface area contributed by atoms with E-state index in [1.54, 1.807) is 0 Å². The van der Waals surface area contributed by atoms with Gasteiger partial charge in [0.05, 0.1) is 5.92 Å². The summed E-state index contributed by atoms with van der Waals surface area (Å²) < 4.78 is 5.28. The molecule has 1 aromatic rings. The lowest BCUT2D eigenvalue weighted by Gasteiger charge is -2.41. The van der Waals surface area contributed by atoms with Crippen molar-refractivity contribution in [2.45, 2.75) is 6.61 Å². The van der Waals surface area contributed by atoms with Crippen molar-refractivity contribution in [3.05, 3.63) is 35.9 Å². The first kappa shape index (κ1) is 13.9. The fourth-order valence-electron chi connectivity index (χ4n) is 3.06. The zero-order valence-electron chi connectivity index (χ0n) is 11.6. The molecule has 2 N–H and O–H groups in total. The van der Waals surface area contributed by atoms with Crippen LogP contribution in [0.2, 0.25) is 0 Å². The highest BCUT2D eigenvalue weighted by atomic mass is 16.6. The molecular formula is C15H18N2O4. The molecule has 1 unspecified atom stereocenters. The molecule has 2 saturated heterocycles. The van der Waals surface area contributed by atoms with Gasteiger partial charge in [0.2, 0.25) is 0 Å². The number of amides is 1. The van der Waals surface area contributed by atoms with E-state index in [9.17, 15) is 14.7 Å². The van der Waals surface area contributed by atoms with Gasteiger partial charge in [-0.05, 0) is 5.56 Å². The molecule has 21 heavy (non-hydrogen) atoms. The second kappa shape index (κ2) is 5.37. The minimum Gasteiger partial charge on any atom is -0.481 e. The van der Waals surface area contributed by atoms with Crippen molar-refractivity contribution < 1.29 is 19.4 Å². The Morgan fingerprint density at radius 3 is 2.57 bits per heavy atom. The maximum absolute atomic E-state index is 12.1. The third-order valence-electron chi connectivity index (χ3n) is 4.36. The average molecular weight is 290 g/mol. The number of nitrogens with one attached hydrogen (secondary N) is 1. The van der Waals surface area contributed by atoms with Gasteiger partial charge in [0.15, 0.2) is 0 Å². The number of hydrogen-bond donors (Lipinski definition) is 2. The summed E-state index contributed by atoms with van der Waals surface area (Å²) in [5.74, 6) is -1.35. The summed E-state index contributed by atoms with van der Waals surface area (Å²) in [7, 11) is 0. The number of rotatable bonds is 3. The molecule has 0 aliphatic carbocycles. The molecule has 0 bridgehead atoms. The minimum absolute atomic E-state index is 0.208. The number of likely N-dealkylation sites (tertiary alicyclic amines) is 1. The van der Waals surface area contributed by atoms with Crippen LogP contribution in [0.3, 0.4) is 0 Å². The second-order valence-corrected chi connectivity index (χ2v) is 5.78. The van der Waals surface area contributed by atoms with Gasteiger partial charge < -0.3 is 20.1 Å². The molecule has 1 aromatic carbocycles. The zero-order chi connectivity index (χ0) is 14.9. The summed E-state index contributed by atoms with van der Waals surface area (Å²) in [5.41, 5.74) is 0.595. The molecule has 2 fully saturated rings. The molecule has 6 heteroatoms. The van der Waals surface area contributed by atoms with Crippen molar-refractivity contribution >= 4 is 12.1 Å². The molecule has 2 aliphatic heterocycles. The van der Waals surface area contributed by atoms with E-state index in [0.717, 1.165) is 5.56 Å². The van der Waals surface area contributed by atoms with Crippen LogP contribution in [-0.2, 0) is 16.1 Å². The summed E-state index contributed by atoms with van der Waals surface area (Å²) in [6.07, 6.45) is -0.436. The predicted octanol–water partition coefficient (Wildman–Crippen LogP) is 0.929. The standard InChI is InChI=1S/C15H18N2O4/c18-13(19)12-6-17(10-15(12)8-16-9-15)14(20)21-7-11-4-2-1-3-5-11/h1-5,12,16H,6-10H2,(H,18,19). The summed E-state index contributed by atoms with van der Waals surface area (Å²) >= 11 is 0. The Hall–Kier alpha value is -2.08. The number of carbonyl (C=O) groups excluding carboxylic acids is 1. The van der Waals surface area contributed by atoms with E-state index in [0.29, 0.717) is 19.6 Å². The van der Waals surface area contributed by atoms with Gasteiger partial charge in [-0.3, -0.25) is 4.79 Å². The lowest BCUT2D eigenvalue weighted by molar-refractivity contribution is -0.145. The number of hydrogen-bond acceptors (Lipinski definition) is 4. The molecule has 0 aromatic heterocycles. The van der Waals surface area contributed by atoms with Gasteiger partial charge in [-0.25, -0.2) is 4.79 Å². The number of nitrogens with zero attached hydrogens (tertiary/aromatic N) is 1. The molecule has 1 atom stereocenters. The van der Waals surface area contributed by atoms with E-state index in [-0.39, 0.29) is 18.6 Å². The molecule has 1 amide bonds. The van der Waals surface area contributed by atoms with Gasteiger partial charge in [-0.1, -0.05) is 30.3 Å². The molecule has 0 radical (unpaired) electrons. The largest absolute Gasteiger partial charge is 0.481 e. The van der Waals surface area contributed by atoms with E-state index in [4.69, 9.17) is 4.74 Å². The third-order valence-corrected chi connectivity index (χ3v) is 4.36. The molecule has 112 valence electrons. The summed E-state index contributed by atoms with van der Waals surface area (Å²) in [6.45, 7) is 2.17. The fraction of sp³-hybridized carbons (Fsp3) is 0.467. The summed E-state index contributed by atoms with van der Waals surface area (Å²) in [6, 6.07) is 9.43. The molecule has 2 heterocycles. The van der Waals surface area contributed by atoms with E-state index < -0.39 is 18.0 Å². The highest BCUT2D eigenvalue weighted by Gasteiger charge is 2.55. The van der Waals surface area contributed by atoms with Crippen LogP contribution in [0.5, 0.6) is 0 Å². The summed E-state index contributed by atoms with van der Waals surface area (Å²) in [4.78, 5) is 25.0. The first-order valence-corrected chi connectivity index (χ1v) is 7.00. The van der Waals surface area contributed by atoms with Crippen molar-refractivity contribution in [3.8, 4) is 0 Å². The first-order chi connectivity index (χ1) is 10.1. The number of benzene rings is 1. The maximum Gasteiger partial charge on any atom is 0.410 e. The lowest BCUT2D eigenvalue weighted by Crippen LogP contribution is -2.59. The number of carboxylic acid groups (broad SMARTS) is 1. The molecule has 1 spiro atoms. The smallest absolute Gasteiger partial charge is 0.410 e. The fourth-order valence-corrected chi connectivity index (χ4v) is 3.06. The van der Waals surface area contributed by atoms with Crippen molar-refractivity contribution in [2.75, 3.05) is 26.2 Å². The molecule has 3 rings (SSSR count). The van der Waals surface area contributed by atoms with Gasteiger partial charge in [-0.2, -0.15) is 0 Å². The van der Waals surface area contributed by atoms with Crippen LogP contribution in [-0.4, -0.2) is 48.2 Å².